The van der Waals surface area contributed by atoms with Gasteiger partial charge >= 0.3 is 12.4 Å². The number of nitrogens with zero attached hydrogens (tertiary/aromatic N) is 3. The van der Waals surface area contributed by atoms with E-state index < -0.39 is 35.8 Å². The highest BCUT2D eigenvalue weighted by Gasteiger charge is 2.37. The predicted molar refractivity (Wildman–Crippen MR) is 137 cm³/mol. The van der Waals surface area contributed by atoms with Crippen LogP contribution in [-0.4, -0.2) is 66.4 Å². The van der Waals surface area contributed by atoms with E-state index in [1.165, 1.54) is 24.2 Å². The molecule has 0 bridgehead atoms. The topological polar surface area (TPSA) is 26.8 Å². The first-order valence-corrected chi connectivity index (χ1v) is 13.5. The Bertz CT molecular complexity index is 1060. The molecular weight excluding hydrogens is 520 g/mol. The van der Waals surface area contributed by atoms with E-state index in [0.717, 1.165) is 44.6 Å². The van der Waals surface area contributed by atoms with Gasteiger partial charge in [-0.3, -0.25) is 9.69 Å². The number of hydrogen-bond acceptors (Lipinski definition) is 3. The SMILES string of the molecule is CN(CC(c1ccccc1)N1CCC(N2CCCCC2)CC1)C(=O)Cc1cc(C(F)(F)F)cc(C(F)(F)F)c1. The summed E-state index contributed by atoms with van der Waals surface area (Å²) in [5, 5.41) is 0. The van der Waals surface area contributed by atoms with Gasteiger partial charge in [0.05, 0.1) is 23.6 Å². The number of likely N-dealkylation sites (tertiary alicyclic amines) is 2. The van der Waals surface area contributed by atoms with Gasteiger partial charge < -0.3 is 9.80 Å². The normalized spacial score (nSPS) is 19.2. The third kappa shape index (κ3) is 7.75. The smallest absolute Gasteiger partial charge is 0.344 e. The van der Waals surface area contributed by atoms with E-state index in [2.05, 4.69) is 9.80 Å². The first kappa shape index (κ1) is 29.4. The Morgan fingerprint density at radius 1 is 0.872 bits per heavy atom. The molecule has 0 saturated carbocycles. The van der Waals surface area contributed by atoms with Gasteiger partial charge in [-0.15, -0.1) is 0 Å². The number of carbonyl (C=O) groups is 1. The Morgan fingerprint density at radius 3 is 1.97 bits per heavy atom. The van der Waals surface area contributed by atoms with Crippen LogP contribution < -0.4 is 0 Å². The van der Waals surface area contributed by atoms with E-state index in [1.807, 2.05) is 30.3 Å². The molecule has 4 rings (SSSR count). The molecule has 2 fully saturated rings. The van der Waals surface area contributed by atoms with Crippen LogP contribution in [0, 0.1) is 0 Å². The standard InChI is InChI=1S/C29H35F6N3O/c1-36(27(39)18-21-16-23(28(30,31)32)19-24(17-21)29(33,34)35)20-26(22-8-4-2-5-9-22)38-14-10-25(11-15-38)37-12-6-3-7-13-37/h2,4-5,8-9,16-17,19,25-26H,3,6-7,10-15,18,20H2,1H3. The van der Waals surface area contributed by atoms with Crippen LogP contribution in [0.15, 0.2) is 48.5 Å². The maximum atomic E-state index is 13.3. The van der Waals surface area contributed by atoms with Crippen LogP contribution >= 0.6 is 0 Å². The van der Waals surface area contributed by atoms with E-state index in [1.54, 1.807) is 7.05 Å². The summed E-state index contributed by atoms with van der Waals surface area (Å²) in [5.74, 6) is -0.536. The second-order valence-electron chi connectivity index (χ2n) is 10.7. The average Bonchev–Trinajstić information content (AvgIpc) is 2.91. The Labute approximate surface area is 225 Å². The minimum absolute atomic E-state index is 0.0800. The average molecular weight is 556 g/mol. The third-order valence-corrected chi connectivity index (χ3v) is 7.91. The van der Waals surface area contributed by atoms with Crippen molar-refractivity contribution in [3.8, 4) is 0 Å². The molecule has 0 aliphatic carbocycles. The number of likely N-dealkylation sites (N-methyl/N-ethyl adjacent to an activating group) is 1. The lowest BCUT2D eigenvalue weighted by Gasteiger charge is -2.43. The fourth-order valence-corrected chi connectivity index (χ4v) is 5.75. The van der Waals surface area contributed by atoms with E-state index in [-0.39, 0.29) is 24.2 Å². The van der Waals surface area contributed by atoms with Crippen LogP contribution in [0.4, 0.5) is 26.3 Å². The van der Waals surface area contributed by atoms with E-state index in [9.17, 15) is 31.1 Å². The van der Waals surface area contributed by atoms with Gasteiger partial charge in [0.25, 0.3) is 0 Å². The van der Waals surface area contributed by atoms with Gasteiger partial charge in [-0.2, -0.15) is 26.3 Å². The number of piperidine rings is 2. The highest BCUT2D eigenvalue weighted by atomic mass is 19.4. The molecule has 39 heavy (non-hydrogen) atoms. The predicted octanol–water partition coefficient (Wildman–Crippen LogP) is 6.42. The van der Waals surface area contributed by atoms with Crippen LogP contribution in [-0.2, 0) is 23.6 Å². The molecule has 1 amide bonds. The fourth-order valence-electron chi connectivity index (χ4n) is 5.75. The fraction of sp³-hybridized carbons (Fsp3) is 0.552. The lowest BCUT2D eigenvalue weighted by Crippen LogP contribution is -2.49. The Balaban J connectivity index is 1.47. The molecule has 2 saturated heterocycles. The lowest BCUT2D eigenvalue weighted by molar-refractivity contribution is -0.143. The van der Waals surface area contributed by atoms with Gasteiger partial charge in [0.1, 0.15) is 0 Å². The van der Waals surface area contributed by atoms with Crippen molar-refractivity contribution in [3.05, 3.63) is 70.8 Å². The number of rotatable bonds is 7. The number of halogens is 6. The highest BCUT2D eigenvalue weighted by Crippen LogP contribution is 2.36. The van der Waals surface area contributed by atoms with Crippen molar-refractivity contribution >= 4 is 5.91 Å². The number of amides is 1. The van der Waals surface area contributed by atoms with Crippen LogP contribution in [0.5, 0.6) is 0 Å². The minimum atomic E-state index is -4.95. The highest BCUT2D eigenvalue weighted by molar-refractivity contribution is 5.78. The molecule has 1 atom stereocenters. The molecule has 10 heteroatoms. The molecule has 0 spiro atoms. The summed E-state index contributed by atoms with van der Waals surface area (Å²) in [5.41, 5.74) is -2.12. The Hall–Kier alpha value is -2.59. The second-order valence-corrected chi connectivity index (χ2v) is 10.7. The molecule has 2 heterocycles. The number of carbonyl (C=O) groups excluding carboxylic acids is 1. The zero-order valence-corrected chi connectivity index (χ0v) is 22.1. The molecule has 1 unspecified atom stereocenters. The summed E-state index contributed by atoms with van der Waals surface area (Å²) >= 11 is 0. The van der Waals surface area contributed by atoms with Gasteiger partial charge in [-0.25, -0.2) is 0 Å². The van der Waals surface area contributed by atoms with Crippen LogP contribution in [0.2, 0.25) is 0 Å². The first-order valence-electron chi connectivity index (χ1n) is 13.5. The van der Waals surface area contributed by atoms with Crippen molar-refractivity contribution in [3.63, 3.8) is 0 Å². The Morgan fingerprint density at radius 2 is 1.44 bits per heavy atom. The molecule has 2 aromatic carbocycles. The summed E-state index contributed by atoms with van der Waals surface area (Å²) in [6, 6.07) is 11.5. The molecule has 214 valence electrons. The third-order valence-electron chi connectivity index (χ3n) is 7.91. The summed E-state index contributed by atoms with van der Waals surface area (Å²) in [6.45, 7) is 4.25. The number of alkyl halides is 6. The largest absolute Gasteiger partial charge is 0.416 e. The molecule has 2 aliphatic heterocycles. The summed E-state index contributed by atoms with van der Waals surface area (Å²) in [7, 11) is 1.55. The van der Waals surface area contributed by atoms with Crippen LogP contribution in [0.3, 0.4) is 0 Å². The van der Waals surface area contributed by atoms with E-state index in [4.69, 9.17) is 0 Å². The summed E-state index contributed by atoms with van der Waals surface area (Å²) in [4.78, 5) is 19.4. The van der Waals surface area contributed by atoms with Gasteiger partial charge in [-0.05, 0) is 68.1 Å². The molecule has 2 aromatic rings. The molecule has 0 aromatic heterocycles. The van der Waals surface area contributed by atoms with Crippen molar-refractivity contribution in [1.29, 1.82) is 0 Å². The molecule has 2 aliphatic rings. The molecule has 0 radical (unpaired) electrons. The number of benzene rings is 2. The zero-order valence-electron chi connectivity index (χ0n) is 22.1. The van der Waals surface area contributed by atoms with E-state index >= 15 is 0 Å². The van der Waals surface area contributed by atoms with Gasteiger partial charge in [0, 0.05) is 32.7 Å². The maximum absolute atomic E-state index is 13.3. The van der Waals surface area contributed by atoms with Gasteiger partial charge in [0.15, 0.2) is 0 Å². The van der Waals surface area contributed by atoms with Gasteiger partial charge in [-0.1, -0.05) is 36.8 Å². The molecule has 0 N–H and O–H groups in total. The Kier molecular flexibility index (Phi) is 9.26. The maximum Gasteiger partial charge on any atom is 0.416 e. The van der Waals surface area contributed by atoms with Crippen LogP contribution in [0.1, 0.15) is 60.4 Å². The minimum Gasteiger partial charge on any atom is -0.344 e. The van der Waals surface area contributed by atoms with Crippen molar-refractivity contribution in [2.45, 2.75) is 63.0 Å². The molecule has 4 nitrogen and oxygen atoms in total. The monoisotopic (exact) mass is 555 g/mol. The molecular formula is C29H35F6N3O. The van der Waals surface area contributed by atoms with Crippen molar-refractivity contribution in [1.82, 2.24) is 14.7 Å². The van der Waals surface area contributed by atoms with E-state index in [0.29, 0.717) is 18.2 Å². The van der Waals surface area contributed by atoms with Crippen molar-refractivity contribution in [2.24, 2.45) is 0 Å². The quantitative estimate of drug-likeness (QED) is 0.369. The zero-order chi connectivity index (χ0) is 28.2. The summed E-state index contributed by atoms with van der Waals surface area (Å²) < 4.78 is 79.6. The van der Waals surface area contributed by atoms with Crippen molar-refractivity contribution < 1.29 is 31.1 Å². The second kappa shape index (κ2) is 12.3. The van der Waals surface area contributed by atoms with Crippen molar-refractivity contribution in [2.75, 3.05) is 39.8 Å². The lowest BCUT2D eigenvalue weighted by atomic mass is 9.96. The van der Waals surface area contributed by atoms with Crippen LogP contribution in [0.25, 0.3) is 0 Å². The summed E-state index contributed by atoms with van der Waals surface area (Å²) in [6.07, 6.45) is -4.68. The number of hydrogen-bond donors (Lipinski definition) is 0. The first-order chi connectivity index (χ1) is 18.4. The van der Waals surface area contributed by atoms with Gasteiger partial charge in [0.2, 0.25) is 5.91 Å².